The molecule has 3 nitrogen and oxygen atoms in total. The van der Waals surface area contributed by atoms with Gasteiger partial charge in [0.05, 0.1) is 5.41 Å². The van der Waals surface area contributed by atoms with Crippen molar-refractivity contribution in [3.05, 3.63) is 18.6 Å². The molecule has 0 aromatic carbocycles. The Kier molecular flexibility index (Phi) is 1.37. The number of carboxylic acids is 1. The van der Waals surface area contributed by atoms with Crippen molar-refractivity contribution in [2.45, 2.75) is 6.42 Å². The summed E-state index contributed by atoms with van der Waals surface area (Å²) in [6, 6.07) is 0. The average molecular weight is 165 g/mol. The van der Waals surface area contributed by atoms with Gasteiger partial charge in [-0.2, -0.15) is 0 Å². The number of allylic oxidation sites excluding steroid dienone is 1. The molecule has 2 bridgehead atoms. The maximum Gasteiger partial charge on any atom is 0.314 e. The molecule has 3 atom stereocenters. The van der Waals surface area contributed by atoms with Crippen LogP contribution in [0.5, 0.6) is 0 Å². The van der Waals surface area contributed by atoms with E-state index in [1.807, 2.05) is 12.5 Å². The fourth-order valence-corrected chi connectivity index (χ4v) is 2.11. The standard InChI is InChI=1S/C9H9O3/c10-5-7-3-6-1-2-9(7,4-6)8(11)12/h1-3,5-7H,4H2,(H,11,12). The van der Waals surface area contributed by atoms with Gasteiger partial charge in [0.25, 0.3) is 0 Å². The lowest BCUT2D eigenvalue weighted by atomic mass is 9.79. The highest BCUT2D eigenvalue weighted by Crippen LogP contribution is 2.51. The average Bonchev–Trinajstić information content (AvgIpc) is 2.60. The zero-order valence-electron chi connectivity index (χ0n) is 6.43. The summed E-state index contributed by atoms with van der Waals surface area (Å²) < 4.78 is 0. The van der Waals surface area contributed by atoms with Crippen molar-refractivity contribution in [3.8, 4) is 0 Å². The molecule has 3 unspecified atom stereocenters. The van der Waals surface area contributed by atoms with E-state index < -0.39 is 17.3 Å². The molecule has 1 fully saturated rings. The molecular formula is C9H9O3. The van der Waals surface area contributed by atoms with Crippen molar-refractivity contribution in [1.82, 2.24) is 0 Å². The molecule has 2 aliphatic carbocycles. The second kappa shape index (κ2) is 2.19. The largest absolute Gasteiger partial charge is 0.481 e. The number of hydrogen-bond donors (Lipinski definition) is 1. The van der Waals surface area contributed by atoms with Gasteiger partial charge in [-0.25, -0.2) is 0 Å². The molecule has 1 saturated carbocycles. The first kappa shape index (κ1) is 7.53. The van der Waals surface area contributed by atoms with E-state index in [1.165, 1.54) is 0 Å². The summed E-state index contributed by atoms with van der Waals surface area (Å²) in [7, 11) is 0. The van der Waals surface area contributed by atoms with Crippen molar-refractivity contribution in [2.75, 3.05) is 0 Å². The highest BCUT2D eigenvalue weighted by molar-refractivity contribution is 5.84. The van der Waals surface area contributed by atoms with E-state index in [9.17, 15) is 9.59 Å². The first-order valence-electron chi connectivity index (χ1n) is 3.92. The molecule has 0 aliphatic heterocycles. The predicted molar refractivity (Wildman–Crippen MR) is 41.2 cm³/mol. The molecule has 3 heteroatoms. The lowest BCUT2D eigenvalue weighted by molar-refractivity contribution is -0.148. The Morgan fingerprint density at radius 2 is 2.42 bits per heavy atom. The molecule has 0 saturated heterocycles. The van der Waals surface area contributed by atoms with Crippen LogP contribution in [0.4, 0.5) is 0 Å². The van der Waals surface area contributed by atoms with Gasteiger partial charge in [-0.05, 0) is 18.8 Å². The molecule has 0 aromatic heterocycles. The maximum atomic E-state index is 10.9. The van der Waals surface area contributed by atoms with Crippen molar-refractivity contribution < 1.29 is 14.7 Å². The minimum atomic E-state index is -0.910. The fraction of sp³-hybridized carbons (Fsp3) is 0.444. The Hall–Kier alpha value is -1.12. The highest BCUT2D eigenvalue weighted by atomic mass is 16.4. The number of aldehydes is 1. The van der Waals surface area contributed by atoms with Crippen molar-refractivity contribution >= 4 is 12.3 Å². The fourth-order valence-electron chi connectivity index (χ4n) is 2.11. The Bertz CT molecular complexity index is 269. The monoisotopic (exact) mass is 165 g/mol. The number of rotatable bonds is 2. The molecular weight excluding hydrogens is 156 g/mol. The Morgan fingerprint density at radius 3 is 2.83 bits per heavy atom. The minimum absolute atomic E-state index is 0.191. The number of fused-ring (bicyclic) bond motifs is 2. The molecule has 0 spiro atoms. The number of hydrogen-bond acceptors (Lipinski definition) is 2. The van der Waals surface area contributed by atoms with Crippen LogP contribution in [0.15, 0.2) is 12.2 Å². The van der Waals surface area contributed by atoms with E-state index in [0.29, 0.717) is 6.42 Å². The summed E-state index contributed by atoms with van der Waals surface area (Å²) >= 11 is 0. The first-order chi connectivity index (χ1) is 5.69. The summed E-state index contributed by atoms with van der Waals surface area (Å²) in [5, 5.41) is 8.96. The maximum absolute atomic E-state index is 10.9. The van der Waals surface area contributed by atoms with Crippen LogP contribution in [0.2, 0.25) is 0 Å². The number of carboxylic acid groups (broad SMARTS) is 1. The van der Waals surface area contributed by atoms with Gasteiger partial charge in [-0.15, -0.1) is 0 Å². The van der Waals surface area contributed by atoms with Crippen LogP contribution < -0.4 is 0 Å². The third-order valence-electron chi connectivity index (χ3n) is 2.81. The van der Waals surface area contributed by atoms with Gasteiger partial charge in [0, 0.05) is 5.92 Å². The zero-order chi connectivity index (χ0) is 8.77. The van der Waals surface area contributed by atoms with Crippen molar-refractivity contribution in [2.24, 2.45) is 17.3 Å². The normalized spacial score (nSPS) is 43.3. The molecule has 63 valence electrons. The Labute approximate surface area is 70.1 Å². The van der Waals surface area contributed by atoms with E-state index in [-0.39, 0.29) is 5.92 Å². The molecule has 2 aliphatic rings. The molecule has 12 heavy (non-hydrogen) atoms. The summed E-state index contributed by atoms with van der Waals surface area (Å²) in [6.07, 6.45) is 6.65. The van der Waals surface area contributed by atoms with E-state index in [2.05, 4.69) is 0 Å². The summed E-state index contributed by atoms with van der Waals surface area (Å²) in [4.78, 5) is 21.5. The highest BCUT2D eigenvalue weighted by Gasteiger charge is 2.54. The SMILES string of the molecule is O=CC1[CH]C2C=CC1(C(=O)O)C2. The first-order valence-corrected chi connectivity index (χ1v) is 3.92. The molecule has 1 N–H and O–H groups in total. The van der Waals surface area contributed by atoms with Crippen LogP contribution in [0.25, 0.3) is 0 Å². The van der Waals surface area contributed by atoms with Crippen LogP contribution >= 0.6 is 0 Å². The quantitative estimate of drug-likeness (QED) is 0.483. The van der Waals surface area contributed by atoms with E-state index in [1.54, 1.807) is 6.08 Å². The second-order valence-corrected chi connectivity index (χ2v) is 3.43. The van der Waals surface area contributed by atoms with Crippen LogP contribution in [-0.2, 0) is 9.59 Å². The number of aliphatic carboxylic acids is 1. The lowest BCUT2D eigenvalue weighted by Crippen LogP contribution is -2.33. The lowest BCUT2D eigenvalue weighted by Gasteiger charge is -2.22. The number of carbonyl (C=O) groups excluding carboxylic acids is 1. The Morgan fingerprint density at radius 1 is 1.67 bits per heavy atom. The Balaban J connectivity index is 2.39. The van der Waals surface area contributed by atoms with Crippen molar-refractivity contribution in [1.29, 1.82) is 0 Å². The third-order valence-corrected chi connectivity index (χ3v) is 2.81. The van der Waals surface area contributed by atoms with Gasteiger partial charge in [-0.3, -0.25) is 4.79 Å². The molecule has 2 rings (SSSR count). The summed E-state index contributed by atoms with van der Waals surface area (Å²) in [5.41, 5.74) is -0.910. The van der Waals surface area contributed by atoms with Gasteiger partial charge >= 0.3 is 5.97 Å². The van der Waals surface area contributed by atoms with Gasteiger partial charge in [0.1, 0.15) is 6.29 Å². The smallest absolute Gasteiger partial charge is 0.314 e. The van der Waals surface area contributed by atoms with Crippen LogP contribution in [0, 0.1) is 23.7 Å². The van der Waals surface area contributed by atoms with Gasteiger partial charge < -0.3 is 9.90 Å². The van der Waals surface area contributed by atoms with E-state index >= 15 is 0 Å². The summed E-state index contributed by atoms with van der Waals surface area (Å²) in [6.45, 7) is 0. The van der Waals surface area contributed by atoms with E-state index in [0.717, 1.165) is 6.29 Å². The van der Waals surface area contributed by atoms with Crippen LogP contribution in [0.1, 0.15) is 6.42 Å². The molecule has 0 heterocycles. The van der Waals surface area contributed by atoms with Crippen LogP contribution in [0.3, 0.4) is 0 Å². The third kappa shape index (κ3) is 0.709. The van der Waals surface area contributed by atoms with Gasteiger partial charge in [-0.1, -0.05) is 12.2 Å². The molecule has 1 radical (unpaired) electrons. The minimum Gasteiger partial charge on any atom is -0.481 e. The van der Waals surface area contributed by atoms with Gasteiger partial charge in [0.2, 0.25) is 0 Å². The van der Waals surface area contributed by atoms with Crippen LogP contribution in [-0.4, -0.2) is 17.4 Å². The van der Waals surface area contributed by atoms with E-state index in [4.69, 9.17) is 5.11 Å². The number of carbonyl (C=O) groups is 2. The second-order valence-electron chi connectivity index (χ2n) is 3.43. The van der Waals surface area contributed by atoms with Crippen molar-refractivity contribution in [3.63, 3.8) is 0 Å². The predicted octanol–water partition coefficient (Wildman–Crippen LogP) is 0.666. The van der Waals surface area contributed by atoms with Gasteiger partial charge in [0.15, 0.2) is 0 Å². The molecule has 0 aromatic rings. The molecule has 0 amide bonds. The topological polar surface area (TPSA) is 54.4 Å². The summed E-state index contributed by atoms with van der Waals surface area (Å²) in [5.74, 6) is -1.12. The zero-order valence-corrected chi connectivity index (χ0v) is 6.43.